The van der Waals surface area contributed by atoms with E-state index in [1.165, 1.54) is 12.7 Å². The minimum Gasteiger partial charge on any atom is -0.465 e. The monoisotopic (exact) mass is 233 g/mol. The third-order valence-electron chi connectivity index (χ3n) is 3.87. The van der Waals surface area contributed by atoms with E-state index in [0.29, 0.717) is 5.56 Å². The van der Waals surface area contributed by atoms with Crippen LogP contribution in [0, 0.1) is 6.92 Å². The number of hydrogen-bond acceptors (Lipinski definition) is 3. The summed E-state index contributed by atoms with van der Waals surface area (Å²) >= 11 is 0. The van der Waals surface area contributed by atoms with Crippen molar-refractivity contribution in [3.63, 3.8) is 0 Å². The lowest BCUT2D eigenvalue weighted by Crippen LogP contribution is -2.31. The number of rotatable bonds is 3. The molecule has 1 aromatic rings. The van der Waals surface area contributed by atoms with Gasteiger partial charge < -0.3 is 10.5 Å². The number of methoxy groups -OCH3 is 1. The lowest BCUT2D eigenvalue weighted by molar-refractivity contribution is 0.0600. The molecule has 1 aromatic carbocycles. The van der Waals surface area contributed by atoms with Crippen molar-refractivity contribution in [1.29, 1.82) is 0 Å². The first kappa shape index (κ1) is 12.1. The van der Waals surface area contributed by atoms with E-state index < -0.39 is 0 Å². The topological polar surface area (TPSA) is 52.3 Å². The number of benzene rings is 1. The van der Waals surface area contributed by atoms with Crippen LogP contribution in [0.3, 0.4) is 0 Å². The summed E-state index contributed by atoms with van der Waals surface area (Å²) in [6, 6.07) is 6.09. The summed E-state index contributed by atoms with van der Waals surface area (Å²) in [5.74, 6) is -0.278. The molecule has 92 valence electrons. The largest absolute Gasteiger partial charge is 0.465 e. The third kappa shape index (κ3) is 1.95. The van der Waals surface area contributed by atoms with Crippen molar-refractivity contribution in [2.75, 3.05) is 7.11 Å². The molecule has 0 amide bonds. The highest BCUT2D eigenvalue weighted by Crippen LogP contribution is 2.50. The molecule has 2 rings (SSSR count). The van der Waals surface area contributed by atoms with Gasteiger partial charge in [-0.2, -0.15) is 0 Å². The first-order chi connectivity index (χ1) is 8.01. The molecule has 1 unspecified atom stereocenters. The smallest absolute Gasteiger partial charge is 0.338 e. The van der Waals surface area contributed by atoms with Crippen LogP contribution in [0.25, 0.3) is 0 Å². The molecular formula is C14H19NO2. The molecule has 0 spiro atoms. The Morgan fingerprint density at radius 3 is 2.53 bits per heavy atom. The Kier molecular flexibility index (Phi) is 2.96. The fourth-order valence-electron chi connectivity index (χ4n) is 2.45. The number of carbonyl (C=O) groups excluding carboxylic acids is 1. The van der Waals surface area contributed by atoms with E-state index in [-0.39, 0.29) is 17.4 Å². The van der Waals surface area contributed by atoms with Gasteiger partial charge in [0.25, 0.3) is 0 Å². The van der Waals surface area contributed by atoms with Crippen molar-refractivity contribution >= 4 is 5.97 Å². The molecule has 1 saturated carbocycles. The number of carbonyl (C=O) groups is 1. The third-order valence-corrected chi connectivity index (χ3v) is 3.87. The van der Waals surface area contributed by atoms with Crippen molar-refractivity contribution < 1.29 is 9.53 Å². The second kappa shape index (κ2) is 4.15. The summed E-state index contributed by atoms with van der Waals surface area (Å²) in [4.78, 5) is 11.5. The molecule has 0 aromatic heterocycles. The molecule has 2 N–H and O–H groups in total. The molecule has 3 nitrogen and oxygen atoms in total. The molecule has 1 aliphatic carbocycles. The number of ether oxygens (including phenoxy) is 1. The summed E-state index contributed by atoms with van der Waals surface area (Å²) in [6.07, 6.45) is 2.28. The Bertz CT molecular complexity index is 448. The van der Waals surface area contributed by atoms with Gasteiger partial charge in [-0.1, -0.05) is 12.1 Å². The second-order valence-electron chi connectivity index (χ2n) is 4.97. The lowest BCUT2D eigenvalue weighted by atomic mass is 9.87. The fraction of sp³-hybridized carbons (Fsp3) is 0.500. The molecule has 0 saturated heterocycles. The lowest BCUT2D eigenvalue weighted by Gasteiger charge is -2.21. The van der Waals surface area contributed by atoms with Crippen molar-refractivity contribution in [3.8, 4) is 0 Å². The standard InChI is InChI=1S/C14H19NO2/c1-9-8-11(14(6-7-14)10(2)15)4-5-12(9)13(16)17-3/h4-5,8,10H,6-7,15H2,1-3H3. The molecule has 17 heavy (non-hydrogen) atoms. The van der Waals surface area contributed by atoms with Crippen LogP contribution in [0.15, 0.2) is 18.2 Å². The minimum atomic E-state index is -0.278. The summed E-state index contributed by atoms with van der Waals surface area (Å²) < 4.78 is 4.74. The van der Waals surface area contributed by atoms with Crippen LogP contribution >= 0.6 is 0 Å². The van der Waals surface area contributed by atoms with Crippen molar-refractivity contribution in [2.24, 2.45) is 5.73 Å². The Morgan fingerprint density at radius 1 is 1.47 bits per heavy atom. The van der Waals surface area contributed by atoms with Gasteiger partial charge >= 0.3 is 5.97 Å². The zero-order valence-corrected chi connectivity index (χ0v) is 10.6. The Morgan fingerprint density at radius 2 is 2.12 bits per heavy atom. The van der Waals surface area contributed by atoms with Crippen LogP contribution in [-0.4, -0.2) is 19.1 Å². The van der Waals surface area contributed by atoms with Crippen LogP contribution < -0.4 is 5.73 Å². The molecule has 0 aliphatic heterocycles. The number of esters is 1. The highest BCUT2D eigenvalue weighted by molar-refractivity contribution is 5.91. The van der Waals surface area contributed by atoms with Gasteiger partial charge in [0.1, 0.15) is 0 Å². The number of aryl methyl sites for hydroxylation is 1. The average molecular weight is 233 g/mol. The van der Waals surface area contributed by atoms with E-state index in [2.05, 4.69) is 13.0 Å². The van der Waals surface area contributed by atoms with Crippen molar-refractivity contribution in [2.45, 2.75) is 38.1 Å². The number of hydrogen-bond donors (Lipinski definition) is 1. The minimum absolute atomic E-state index is 0.138. The predicted octanol–water partition coefficient (Wildman–Crippen LogP) is 2.16. The van der Waals surface area contributed by atoms with Gasteiger partial charge in [-0.15, -0.1) is 0 Å². The molecule has 1 aliphatic rings. The number of nitrogens with two attached hydrogens (primary N) is 1. The zero-order chi connectivity index (χ0) is 12.6. The van der Waals surface area contributed by atoms with E-state index in [1.807, 2.05) is 19.1 Å². The summed E-state index contributed by atoms with van der Waals surface area (Å²) in [5.41, 5.74) is 9.03. The van der Waals surface area contributed by atoms with Gasteiger partial charge in [0.15, 0.2) is 0 Å². The van der Waals surface area contributed by atoms with E-state index in [9.17, 15) is 4.79 Å². The van der Waals surface area contributed by atoms with E-state index in [4.69, 9.17) is 10.5 Å². The second-order valence-corrected chi connectivity index (χ2v) is 4.97. The van der Waals surface area contributed by atoms with Gasteiger partial charge in [-0.25, -0.2) is 4.79 Å². The summed E-state index contributed by atoms with van der Waals surface area (Å²) in [5, 5.41) is 0. The van der Waals surface area contributed by atoms with Gasteiger partial charge in [-0.3, -0.25) is 0 Å². The van der Waals surface area contributed by atoms with Crippen LogP contribution in [0.2, 0.25) is 0 Å². The molecular weight excluding hydrogens is 214 g/mol. The average Bonchev–Trinajstić information content (AvgIpc) is 3.09. The van der Waals surface area contributed by atoms with Gasteiger partial charge in [0.2, 0.25) is 0 Å². The normalized spacial score (nSPS) is 18.6. The summed E-state index contributed by atoms with van der Waals surface area (Å²) in [7, 11) is 1.40. The Balaban J connectivity index is 2.35. The Labute approximate surface area is 102 Å². The van der Waals surface area contributed by atoms with Crippen LogP contribution in [0.1, 0.15) is 41.3 Å². The fourth-order valence-corrected chi connectivity index (χ4v) is 2.45. The molecule has 0 heterocycles. The van der Waals surface area contributed by atoms with Gasteiger partial charge in [0.05, 0.1) is 12.7 Å². The Hall–Kier alpha value is -1.35. The van der Waals surface area contributed by atoms with Crippen LogP contribution in [0.4, 0.5) is 0 Å². The molecule has 1 fully saturated rings. The maximum atomic E-state index is 11.5. The molecule has 0 radical (unpaired) electrons. The SMILES string of the molecule is COC(=O)c1ccc(C2(C(C)N)CC2)cc1C. The van der Waals surface area contributed by atoms with Crippen molar-refractivity contribution in [3.05, 3.63) is 34.9 Å². The quantitative estimate of drug-likeness (QED) is 0.814. The van der Waals surface area contributed by atoms with E-state index in [1.54, 1.807) is 0 Å². The first-order valence-electron chi connectivity index (χ1n) is 5.96. The van der Waals surface area contributed by atoms with Gasteiger partial charge in [0, 0.05) is 11.5 Å². The highest BCUT2D eigenvalue weighted by Gasteiger charge is 2.47. The molecule has 3 heteroatoms. The van der Waals surface area contributed by atoms with Crippen LogP contribution in [-0.2, 0) is 10.2 Å². The highest BCUT2D eigenvalue weighted by atomic mass is 16.5. The predicted molar refractivity (Wildman–Crippen MR) is 67.1 cm³/mol. The van der Waals surface area contributed by atoms with Crippen LogP contribution in [0.5, 0.6) is 0 Å². The maximum absolute atomic E-state index is 11.5. The zero-order valence-electron chi connectivity index (χ0n) is 10.6. The summed E-state index contributed by atoms with van der Waals surface area (Å²) in [6.45, 7) is 3.99. The van der Waals surface area contributed by atoms with Gasteiger partial charge in [-0.05, 0) is 43.9 Å². The molecule has 1 atom stereocenters. The van der Waals surface area contributed by atoms with E-state index >= 15 is 0 Å². The van der Waals surface area contributed by atoms with E-state index in [0.717, 1.165) is 18.4 Å². The first-order valence-corrected chi connectivity index (χ1v) is 5.96. The van der Waals surface area contributed by atoms with Crippen molar-refractivity contribution in [1.82, 2.24) is 0 Å². The molecule has 0 bridgehead atoms. The maximum Gasteiger partial charge on any atom is 0.338 e.